The molecule has 0 aliphatic carbocycles. The first kappa shape index (κ1) is 10.5. The third-order valence-corrected chi connectivity index (χ3v) is 2.53. The first-order valence-corrected chi connectivity index (χ1v) is 4.96. The van der Waals surface area contributed by atoms with Crippen LogP contribution in [0, 0.1) is 0 Å². The SMILES string of the molecule is CCCC(O)(CN)C1=COCCC1. The molecule has 1 heterocycles. The lowest BCUT2D eigenvalue weighted by molar-refractivity contribution is 0.0613. The standard InChI is InChI=1S/C10H19NO2/c1-2-5-10(12,8-11)9-4-3-6-13-7-9/h7,12H,2-6,8,11H2,1H3. The van der Waals surface area contributed by atoms with Crippen molar-refractivity contribution in [1.29, 1.82) is 0 Å². The summed E-state index contributed by atoms with van der Waals surface area (Å²) < 4.78 is 5.20. The third-order valence-electron chi connectivity index (χ3n) is 2.53. The molecule has 3 N–H and O–H groups in total. The lowest BCUT2D eigenvalue weighted by Gasteiger charge is -2.30. The summed E-state index contributed by atoms with van der Waals surface area (Å²) in [5.41, 5.74) is 5.71. The Morgan fingerprint density at radius 3 is 2.92 bits per heavy atom. The minimum Gasteiger partial charge on any atom is -0.501 e. The normalized spacial score (nSPS) is 21.6. The van der Waals surface area contributed by atoms with Gasteiger partial charge in [0.05, 0.1) is 12.9 Å². The Balaban J connectivity index is 2.68. The van der Waals surface area contributed by atoms with Crippen molar-refractivity contribution in [3.63, 3.8) is 0 Å². The summed E-state index contributed by atoms with van der Waals surface area (Å²) >= 11 is 0. The van der Waals surface area contributed by atoms with E-state index >= 15 is 0 Å². The highest BCUT2D eigenvalue weighted by atomic mass is 16.5. The molecule has 1 aliphatic rings. The van der Waals surface area contributed by atoms with Crippen molar-refractivity contribution < 1.29 is 9.84 Å². The summed E-state index contributed by atoms with van der Waals surface area (Å²) in [5.74, 6) is 0. The second-order valence-electron chi connectivity index (χ2n) is 3.60. The van der Waals surface area contributed by atoms with Gasteiger partial charge in [0.1, 0.15) is 5.60 Å². The van der Waals surface area contributed by atoms with Crippen LogP contribution in [0.4, 0.5) is 0 Å². The highest BCUT2D eigenvalue weighted by Crippen LogP contribution is 2.27. The fourth-order valence-electron chi connectivity index (χ4n) is 1.71. The molecule has 0 saturated heterocycles. The van der Waals surface area contributed by atoms with E-state index in [1.807, 2.05) is 6.92 Å². The highest BCUT2D eigenvalue weighted by molar-refractivity contribution is 5.16. The zero-order chi connectivity index (χ0) is 9.73. The molecule has 0 amide bonds. The van der Waals surface area contributed by atoms with Crippen molar-refractivity contribution in [3.05, 3.63) is 11.8 Å². The molecule has 0 fully saturated rings. The van der Waals surface area contributed by atoms with E-state index in [0.717, 1.165) is 37.9 Å². The summed E-state index contributed by atoms with van der Waals surface area (Å²) in [4.78, 5) is 0. The number of rotatable bonds is 4. The molecule has 1 unspecified atom stereocenters. The zero-order valence-electron chi connectivity index (χ0n) is 8.25. The van der Waals surface area contributed by atoms with Gasteiger partial charge in [-0.3, -0.25) is 0 Å². The smallest absolute Gasteiger partial charge is 0.101 e. The van der Waals surface area contributed by atoms with Crippen LogP contribution < -0.4 is 5.73 Å². The van der Waals surface area contributed by atoms with E-state index in [9.17, 15) is 5.11 Å². The third kappa shape index (κ3) is 2.45. The van der Waals surface area contributed by atoms with Crippen LogP contribution in [0.2, 0.25) is 0 Å². The molecule has 0 aromatic rings. The Labute approximate surface area is 79.6 Å². The van der Waals surface area contributed by atoms with E-state index in [1.54, 1.807) is 6.26 Å². The lowest BCUT2D eigenvalue weighted by Crippen LogP contribution is -2.40. The molecular weight excluding hydrogens is 166 g/mol. The lowest BCUT2D eigenvalue weighted by atomic mass is 9.86. The Morgan fingerprint density at radius 1 is 1.69 bits per heavy atom. The van der Waals surface area contributed by atoms with Crippen molar-refractivity contribution in [3.8, 4) is 0 Å². The van der Waals surface area contributed by atoms with Gasteiger partial charge in [-0.05, 0) is 24.8 Å². The topological polar surface area (TPSA) is 55.5 Å². The summed E-state index contributed by atoms with van der Waals surface area (Å²) in [6.07, 6.45) is 5.24. The molecule has 1 rings (SSSR count). The molecule has 3 nitrogen and oxygen atoms in total. The van der Waals surface area contributed by atoms with Crippen molar-refractivity contribution in [2.75, 3.05) is 13.2 Å². The molecule has 0 aromatic carbocycles. The second kappa shape index (κ2) is 4.63. The second-order valence-corrected chi connectivity index (χ2v) is 3.60. The van der Waals surface area contributed by atoms with Gasteiger partial charge >= 0.3 is 0 Å². The number of hydrogen-bond donors (Lipinski definition) is 2. The van der Waals surface area contributed by atoms with Crippen LogP contribution in [-0.4, -0.2) is 23.9 Å². The first-order chi connectivity index (χ1) is 6.23. The van der Waals surface area contributed by atoms with Crippen LogP contribution in [0.1, 0.15) is 32.6 Å². The highest BCUT2D eigenvalue weighted by Gasteiger charge is 2.30. The number of hydrogen-bond acceptors (Lipinski definition) is 3. The molecule has 0 bridgehead atoms. The van der Waals surface area contributed by atoms with Crippen molar-refractivity contribution >= 4 is 0 Å². The van der Waals surface area contributed by atoms with E-state index in [-0.39, 0.29) is 6.54 Å². The first-order valence-electron chi connectivity index (χ1n) is 4.96. The maximum atomic E-state index is 10.2. The van der Waals surface area contributed by atoms with Crippen LogP contribution in [-0.2, 0) is 4.74 Å². The summed E-state index contributed by atoms with van der Waals surface area (Å²) in [6, 6.07) is 0. The van der Waals surface area contributed by atoms with Gasteiger partial charge in [-0.15, -0.1) is 0 Å². The molecule has 0 saturated carbocycles. The zero-order valence-corrected chi connectivity index (χ0v) is 8.25. The summed E-state index contributed by atoms with van der Waals surface area (Å²) in [7, 11) is 0. The molecular formula is C10H19NO2. The predicted octanol–water partition coefficient (Wildman–Crippen LogP) is 1.17. The number of nitrogens with two attached hydrogens (primary N) is 1. The van der Waals surface area contributed by atoms with Gasteiger partial charge in [0.2, 0.25) is 0 Å². The molecule has 13 heavy (non-hydrogen) atoms. The Kier molecular flexibility index (Phi) is 3.75. The van der Waals surface area contributed by atoms with Gasteiger partial charge in [0.15, 0.2) is 0 Å². The van der Waals surface area contributed by atoms with E-state index in [4.69, 9.17) is 10.5 Å². The molecule has 0 aromatic heterocycles. The largest absolute Gasteiger partial charge is 0.501 e. The molecule has 1 atom stereocenters. The molecule has 3 heteroatoms. The van der Waals surface area contributed by atoms with E-state index in [2.05, 4.69) is 0 Å². The Morgan fingerprint density at radius 2 is 2.46 bits per heavy atom. The van der Waals surface area contributed by atoms with Gasteiger partial charge in [0, 0.05) is 6.54 Å². The Hall–Kier alpha value is -0.540. The fraction of sp³-hybridized carbons (Fsp3) is 0.800. The van der Waals surface area contributed by atoms with E-state index < -0.39 is 5.60 Å². The summed E-state index contributed by atoms with van der Waals surface area (Å²) in [5, 5.41) is 10.2. The van der Waals surface area contributed by atoms with Gasteiger partial charge in [-0.25, -0.2) is 0 Å². The average Bonchev–Trinajstić information content (AvgIpc) is 2.19. The van der Waals surface area contributed by atoms with Crippen LogP contribution >= 0.6 is 0 Å². The van der Waals surface area contributed by atoms with Crippen molar-refractivity contribution in [2.24, 2.45) is 5.73 Å². The summed E-state index contributed by atoms with van der Waals surface area (Å²) in [6.45, 7) is 3.09. The van der Waals surface area contributed by atoms with E-state index in [1.165, 1.54) is 0 Å². The van der Waals surface area contributed by atoms with E-state index in [0.29, 0.717) is 0 Å². The molecule has 76 valence electrons. The minimum absolute atomic E-state index is 0.288. The van der Waals surface area contributed by atoms with Gasteiger partial charge in [-0.2, -0.15) is 0 Å². The van der Waals surface area contributed by atoms with Crippen LogP contribution in [0.3, 0.4) is 0 Å². The van der Waals surface area contributed by atoms with Gasteiger partial charge < -0.3 is 15.6 Å². The van der Waals surface area contributed by atoms with Gasteiger partial charge in [0.25, 0.3) is 0 Å². The van der Waals surface area contributed by atoms with Crippen LogP contribution in [0.5, 0.6) is 0 Å². The van der Waals surface area contributed by atoms with Crippen molar-refractivity contribution in [1.82, 2.24) is 0 Å². The van der Waals surface area contributed by atoms with Crippen molar-refractivity contribution in [2.45, 2.75) is 38.2 Å². The molecule has 1 aliphatic heterocycles. The number of ether oxygens (including phenoxy) is 1. The average molecular weight is 185 g/mol. The fourth-order valence-corrected chi connectivity index (χ4v) is 1.71. The van der Waals surface area contributed by atoms with Gasteiger partial charge in [-0.1, -0.05) is 13.3 Å². The predicted molar refractivity (Wildman–Crippen MR) is 52.2 cm³/mol. The minimum atomic E-state index is -0.824. The maximum absolute atomic E-state index is 10.2. The maximum Gasteiger partial charge on any atom is 0.101 e. The monoisotopic (exact) mass is 185 g/mol. The quantitative estimate of drug-likeness (QED) is 0.691. The molecule has 0 spiro atoms. The Bertz CT molecular complexity index is 191. The molecule has 0 radical (unpaired) electrons. The number of aliphatic hydroxyl groups is 1. The van der Waals surface area contributed by atoms with Crippen LogP contribution in [0.25, 0.3) is 0 Å². The van der Waals surface area contributed by atoms with Crippen LogP contribution in [0.15, 0.2) is 11.8 Å².